The van der Waals surface area contributed by atoms with Gasteiger partial charge >= 0.3 is 0 Å². The van der Waals surface area contributed by atoms with Crippen molar-refractivity contribution in [3.8, 4) is 23.0 Å². The molecule has 0 aliphatic carbocycles. The van der Waals surface area contributed by atoms with Gasteiger partial charge in [-0.1, -0.05) is 17.7 Å². The maximum Gasteiger partial charge on any atom is 0.185 e. The summed E-state index contributed by atoms with van der Waals surface area (Å²) >= 11 is 6.16. The number of carbonyl (C=O) groups is 1. The average molecular weight is 363 g/mol. The van der Waals surface area contributed by atoms with E-state index in [0.717, 1.165) is 5.56 Å². The molecule has 0 amide bonds. The third kappa shape index (κ3) is 4.25. The Morgan fingerprint density at radius 1 is 0.880 bits per heavy atom. The van der Waals surface area contributed by atoms with Gasteiger partial charge in [0.15, 0.2) is 28.8 Å². The standard InChI is InChI=1S/C19H19ClO5/c1-22-16-8-6-13(11-17(16)23-2)15(21)7-5-12-9-14(20)19(25-4)18(10-12)24-3/h5-11H,1-4H3/b7-5-. The molecule has 0 fully saturated rings. The molecular formula is C19H19ClO5. The fraction of sp³-hybridized carbons (Fsp3) is 0.211. The highest BCUT2D eigenvalue weighted by Crippen LogP contribution is 2.36. The number of hydrogen-bond acceptors (Lipinski definition) is 5. The predicted octanol–water partition coefficient (Wildman–Crippen LogP) is 4.27. The highest BCUT2D eigenvalue weighted by molar-refractivity contribution is 6.32. The van der Waals surface area contributed by atoms with Crippen LogP contribution in [-0.2, 0) is 0 Å². The molecule has 6 heteroatoms. The summed E-state index contributed by atoms with van der Waals surface area (Å²) in [5.74, 6) is 1.83. The fourth-order valence-electron chi connectivity index (χ4n) is 2.29. The number of methoxy groups -OCH3 is 4. The molecule has 0 aliphatic rings. The van der Waals surface area contributed by atoms with Crippen LogP contribution in [0.15, 0.2) is 36.4 Å². The third-order valence-corrected chi connectivity index (χ3v) is 3.83. The van der Waals surface area contributed by atoms with Crippen molar-refractivity contribution in [3.05, 3.63) is 52.6 Å². The Kier molecular flexibility index (Phi) is 6.31. The van der Waals surface area contributed by atoms with E-state index in [1.54, 1.807) is 43.5 Å². The van der Waals surface area contributed by atoms with Gasteiger partial charge in [0, 0.05) is 5.56 Å². The molecule has 0 N–H and O–H groups in total. The number of allylic oxidation sites excluding steroid dienone is 1. The molecule has 2 aromatic carbocycles. The molecule has 0 saturated carbocycles. The molecule has 2 aromatic rings. The molecule has 0 spiro atoms. The Hall–Kier alpha value is -2.66. The summed E-state index contributed by atoms with van der Waals surface area (Å²) in [7, 11) is 6.10. The number of ketones is 1. The van der Waals surface area contributed by atoms with E-state index >= 15 is 0 Å². The van der Waals surface area contributed by atoms with Gasteiger partial charge in [0.05, 0.1) is 33.5 Å². The van der Waals surface area contributed by atoms with E-state index in [9.17, 15) is 4.79 Å². The van der Waals surface area contributed by atoms with Crippen LogP contribution in [0.25, 0.3) is 6.08 Å². The minimum absolute atomic E-state index is 0.174. The van der Waals surface area contributed by atoms with Crippen molar-refractivity contribution in [3.63, 3.8) is 0 Å². The van der Waals surface area contributed by atoms with Crippen LogP contribution in [-0.4, -0.2) is 34.2 Å². The lowest BCUT2D eigenvalue weighted by molar-refractivity contribution is 0.104. The number of hydrogen-bond donors (Lipinski definition) is 0. The third-order valence-electron chi connectivity index (χ3n) is 3.55. The largest absolute Gasteiger partial charge is 0.493 e. The smallest absolute Gasteiger partial charge is 0.185 e. The average Bonchev–Trinajstić information content (AvgIpc) is 2.64. The van der Waals surface area contributed by atoms with Crippen LogP contribution in [0.3, 0.4) is 0 Å². The Bertz CT molecular complexity index is 799. The van der Waals surface area contributed by atoms with E-state index in [4.69, 9.17) is 30.5 Å². The van der Waals surface area contributed by atoms with Gasteiger partial charge in [0.25, 0.3) is 0 Å². The summed E-state index contributed by atoms with van der Waals surface area (Å²) in [4.78, 5) is 12.4. The number of rotatable bonds is 7. The molecule has 0 saturated heterocycles. The van der Waals surface area contributed by atoms with Crippen LogP contribution in [0.2, 0.25) is 5.02 Å². The second-order valence-corrected chi connectivity index (χ2v) is 5.41. The molecule has 25 heavy (non-hydrogen) atoms. The summed E-state index contributed by atoms with van der Waals surface area (Å²) in [5, 5.41) is 0.403. The van der Waals surface area contributed by atoms with Crippen LogP contribution in [0.4, 0.5) is 0 Å². The molecule has 0 heterocycles. The number of ether oxygens (including phenoxy) is 4. The van der Waals surface area contributed by atoms with Gasteiger partial charge in [0.1, 0.15) is 0 Å². The molecule has 2 rings (SSSR count). The van der Waals surface area contributed by atoms with Gasteiger partial charge in [-0.25, -0.2) is 0 Å². The lowest BCUT2D eigenvalue weighted by atomic mass is 10.1. The zero-order valence-electron chi connectivity index (χ0n) is 14.5. The van der Waals surface area contributed by atoms with Crippen LogP contribution in [0.5, 0.6) is 23.0 Å². The summed E-state index contributed by atoms with van der Waals surface area (Å²) < 4.78 is 20.8. The first kappa shape index (κ1) is 18.7. The highest BCUT2D eigenvalue weighted by atomic mass is 35.5. The molecule has 5 nitrogen and oxygen atoms in total. The molecule has 0 aromatic heterocycles. The fourth-order valence-corrected chi connectivity index (χ4v) is 2.59. The maximum atomic E-state index is 12.4. The Morgan fingerprint density at radius 3 is 2.16 bits per heavy atom. The van der Waals surface area contributed by atoms with Gasteiger partial charge in [-0.05, 0) is 42.0 Å². The summed E-state index contributed by atoms with van der Waals surface area (Å²) in [6.45, 7) is 0. The molecule has 0 atom stereocenters. The molecule has 132 valence electrons. The lowest BCUT2D eigenvalue weighted by Crippen LogP contribution is -1.97. The lowest BCUT2D eigenvalue weighted by Gasteiger charge is -2.10. The second-order valence-electron chi connectivity index (χ2n) is 5.01. The van der Waals surface area contributed by atoms with Crippen molar-refractivity contribution in [2.45, 2.75) is 0 Å². The van der Waals surface area contributed by atoms with E-state index in [1.165, 1.54) is 27.4 Å². The van der Waals surface area contributed by atoms with E-state index < -0.39 is 0 Å². The van der Waals surface area contributed by atoms with E-state index in [1.807, 2.05) is 0 Å². The van der Waals surface area contributed by atoms with E-state index in [0.29, 0.717) is 33.6 Å². The number of benzene rings is 2. The molecular weight excluding hydrogens is 344 g/mol. The van der Waals surface area contributed by atoms with Crippen molar-refractivity contribution >= 4 is 23.5 Å². The molecule has 0 unspecified atom stereocenters. The minimum atomic E-state index is -0.174. The highest BCUT2D eigenvalue weighted by Gasteiger charge is 2.11. The van der Waals surface area contributed by atoms with Gasteiger partial charge in [0.2, 0.25) is 0 Å². The summed E-state index contributed by atoms with van der Waals surface area (Å²) in [6, 6.07) is 8.43. The van der Waals surface area contributed by atoms with Crippen molar-refractivity contribution in [2.24, 2.45) is 0 Å². The SMILES string of the molecule is COc1ccc(C(=O)/C=C\c2cc(Cl)c(OC)c(OC)c2)cc1OC. The minimum Gasteiger partial charge on any atom is -0.493 e. The zero-order valence-corrected chi connectivity index (χ0v) is 15.2. The number of halogens is 1. The Balaban J connectivity index is 2.27. The normalized spacial score (nSPS) is 10.6. The summed E-state index contributed by atoms with van der Waals surface area (Å²) in [5.41, 5.74) is 1.21. The van der Waals surface area contributed by atoms with Gasteiger partial charge < -0.3 is 18.9 Å². The predicted molar refractivity (Wildman–Crippen MR) is 97.5 cm³/mol. The van der Waals surface area contributed by atoms with Gasteiger partial charge in [-0.2, -0.15) is 0 Å². The molecule has 0 aliphatic heterocycles. The van der Waals surface area contributed by atoms with E-state index in [-0.39, 0.29) is 5.78 Å². The number of carbonyl (C=O) groups excluding carboxylic acids is 1. The Labute approximate surface area is 151 Å². The molecule has 0 bridgehead atoms. The second kappa shape index (κ2) is 8.44. The van der Waals surface area contributed by atoms with Crippen molar-refractivity contribution in [2.75, 3.05) is 28.4 Å². The first-order chi connectivity index (χ1) is 12.0. The maximum absolute atomic E-state index is 12.4. The van der Waals surface area contributed by atoms with Gasteiger partial charge in [-0.15, -0.1) is 0 Å². The van der Waals surface area contributed by atoms with Crippen molar-refractivity contribution in [1.82, 2.24) is 0 Å². The van der Waals surface area contributed by atoms with Crippen LogP contribution >= 0.6 is 11.6 Å². The first-order valence-corrected chi connectivity index (χ1v) is 7.77. The molecule has 0 radical (unpaired) electrons. The van der Waals surface area contributed by atoms with Crippen molar-refractivity contribution in [1.29, 1.82) is 0 Å². The van der Waals surface area contributed by atoms with E-state index in [2.05, 4.69) is 0 Å². The van der Waals surface area contributed by atoms with Crippen LogP contribution in [0.1, 0.15) is 15.9 Å². The zero-order chi connectivity index (χ0) is 18.4. The van der Waals surface area contributed by atoms with Crippen LogP contribution in [0, 0.1) is 0 Å². The topological polar surface area (TPSA) is 54.0 Å². The Morgan fingerprint density at radius 2 is 1.56 bits per heavy atom. The summed E-state index contributed by atoms with van der Waals surface area (Å²) in [6.07, 6.45) is 3.12. The van der Waals surface area contributed by atoms with Crippen LogP contribution < -0.4 is 18.9 Å². The van der Waals surface area contributed by atoms with Gasteiger partial charge in [-0.3, -0.25) is 4.79 Å². The first-order valence-electron chi connectivity index (χ1n) is 7.40. The quantitative estimate of drug-likeness (QED) is 0.544. The van der Waals surface area contributed by atoms with Crippen molar-refractivity contribution < 1.29 is 23.7 Å². The monoisotopic (exact) mass is 362 g/mol.